The molecule has 1 aliphatic rings. The fraction of sp³-hybridized carbons (Fsp3) is 0.455. The molecule has 1 aliphatic carbocycles. The molecule has 1 saturated carbocycles. The van der Waals surface area contributed by atoms with Crippen LogP contribution in [0.1, 0.15) is 12.8 Å². The lowest BCUT2D eigenvalue weighted by molar-refractivity contribution is 0.521. The zero-order chi connectivity index (χ0) is 12.6. The van der Waals surface area contributed by atoms with E-state index in [0.717, 1.165) is 18.5 Å². The molecule has 17 heavy (non-hydrogen) atoms. The Bertz CT molecular complexity index is 522. The number of nitrogens with two attached hydrogens (primary N) is 1. The normalized spacial score (nSPS) is 16.2. The summed E-state index contributed by atoms with van der Waals surface area (Å²) < 4.78 is 24.9. The Hall–Kier alpha value is -1.27. The SMILES string of the molecule is CN(C)S(=O)(=O)c1ccc(NC2CC2)c(N)c1. The van der Waals surface area contributed by atoms with Crippen molar-refractivity contribution in [2.24, 2.45) is 0 Å². The molecule has 1 fully saturated rings. The first-order chi connectivity index (χ1) is 7.91. The predicted molar refractivity (Wildman–Crippen MR) is 68.4 cm³/mol. The Morgan fingerprint density at radius 3 is 2.47 bits per heavy atom. The Balaban J connectivity index is 2.29. The van der Waals surface area contributed by atoms with Crippen molar-refractivity contribution < 1.29 is 8.42 Å². The first-order valence-electron chi connectivity index (χ1n) is 5.50. The van der Waals surface area contributed by atoms with Crippen molar-refractivity contribution in [1.82, 2.24) is 4.31 Å². The van der Waals surface area contributed by atoms with E-state index >= 15 is 0 Å². The van der Waals surface area contributed by atoms with Crippen LogP contribution in [0.5, 0.6) is 0 Å². The third kappa shape index (κ3) is 2.53. The largest absolute Gasteiger partial charge is 0.397 e. The maximum absolute atomic E-state index is 11.9. The van der Waals surface area contributed by atoms with Crippen LogP contribution < -0.4 is 11.1 Å². The highest BCUT2D eigenvalue weighted by Gasteiger charge is 2.23. The van der Waals surface area contributed by atoms with Crippen LogP contribution in [0, 0.1) is 0 Å². The van der Waals surface area contributed by atoms with Gasteiger partial charge >= 0.3 is 0 Å². The molecule has 94 valence electrons. The van der Waals surface area contributed by atoms with Crippen LogP contribution in [0.4, 0.5) is 11.4 Å². The van der Waals surface area contributed by atoms with Crippen molar-refractivity contribution >= 4 is 21.4 Å². The van der Waals surface area contributed by atoms with Gasteiger partial charge in [-0.05, 0) is 31.0 Å². The zero-order valence-electron chi connectivity index (χ0n) is 9.97. The first kappa shape index (κ1) is 12.2. The van der Waals surface area contributed by atoms with E-state index in [2.05, 4.69) is 5.32 Å². The minimum absolute atomic E-state index is 0.223. The number of nitrogen functional groups attached to an aromatic ring is 1. The quantitative estimate of drug-likeness (QED) is 0.790. The van der Waals surface area contributed by atoms with Gasteiger partial charge in [-0.2, -0.15) is 0 Å². The second-order valence-corrected chi connectivity index (χ2v) is 6.61. The van der Waals surface area contributed by atoms with Gasteiger partial charge in [-0.1, -0.05) is 0 Å². The van der Waals surface area contributed by atoms with Crippen LogP contribution in [0.3, 0.4) is 0 Å². The molecule has 2 rings (SSSR count). The first-order valence-corrected chi connectivity index (χ1v) is 6.94. The van der Waals surface area contributed by atoms with Gasteiger partial charge in [0.05, 0.1) is 16.3 Å². The molecule has 1 aromatic carbocycles. The smallest absolute Gasteiger partial charge is 0.242 e. The summed E-state index contributed by atoms with van der Waals surface area (Å²) in [5.41, 5.74) is 7.13. The molecule has 0 aromatic heterocycles. The maximum Gasteiger partial charge on any atom is 0.242 e. The van der Waals surface area contributed by atoms with Gasteiger partial charge in [0.2, 0.25) is 10.0 Å². The van der Waals surface area contributed by atoms with E-state index in [1.165, 1.54) is 24.5 Å². The molecule has 0 heterocycles. The average Bonchev–Trinajstić information content (AvgIpc) is 3.04. The molecule has 3 N–H and O–H groups in total. The highest BCUT2D eigenvalue weighted by molar-refractivity contribution is 7.89. The minimum Gasteiger partial charge on any atom is -0.397 e. The van der Waals surface area contributed by atoms with E-state index in [4.69, 9.17) is 5.73 Å². The summed E-state index contributed by atoms with van der Waals surface area (Å²) in [5.74, 6) is 0. The molecule has 0 radical (unpaired) electrons. The number of hydrogen-bond acceptors (Lipinski definition) is 4. The molecule has 0 bridgehead atoms. The van der Waals surface area contributed by atoms with Crippen LogP contribution >= 0.6 is 0 Å². The molecular weight excluding hydrogens is 238 g/mol. The fourth-order valence-electron chi connectivity index (χ4n) is 1.49. The molecule has 5 nitrogen and oxygen atoms in total. The van der Waals surface area contributed by atoms with Gasteiger partial charge in [-0.15, -0.1) is 0 Å². The third-order valence-corrected chi connectivity index (χ3v) is 4.55. The summed E-state index contributed by atoms with van der Waals surface area (Å²) in [5, 5.41) is 3.26. The second kappa shape index (κ2) is 4.19. The molecule has 6 heteroatoms. The summed E-state index contributed by atoms with van der Waals surface area (Å²) in [7, 11) is -0.400. The second-order valence-electron chi connectivity index (χ2n) is 4.46. The number of anilines is 2. The number of hydrogen-bond donors (Lipinski definition) is 2. The van der Waals surface area contributed by atoms with Crippen molar-refractivity contribution in [3.8, 4) is 0 Å². The van der Waals surface area contributed by atoms with E-state index in [-0.39, 0.29) is 4.90 Å². The Morgan fingerprint density at radius 1 is 1.35 bits per heavy atom. The molecule has 0 aliphatic heterocycles. The Kier molecular flexibility index (Phi) is 3.01. The number of nitrogens with one attached hydrogen (secondary N) is 1. The van der Waals surface area contributed by atoms with Gasteiger partial charge in [-0.25, -0.2) is 12.7 Å². The number of sulfonamides is 1. The topological polar surface area (TPSA) is 75.4 Å². The van der Waals surface area contributed by atoms with Crippen molar-refractivity contribution in [2.75, 3.05) is 25.1 Å². The highest BCUT2D eigenvalue weighted by atomic mass is 32.2. The molecule has 0 amide bonds. The van der Waals surface area contributed by atoms with E-state index < -0.39 is 10.0 Å². The average molecular weight is 255 g/mol. The van der Waals surface area contributed by atoms with E-state index in [9.17, 15) is 8.42 Å². The van der Waals surface area contributed by atoms with E-state index in [1.54, 1.807) is 12.1 Å². The van der Waals surface area contributed by atoms with Crippen molar-refractivity contribution in [2.45, 2.75) is 23.8 Å². The highest BCUT2D eigenvalue weighted by Crippen LogP contribution is 2.29. The van der Waals surface area contributed by atoms with Gasteiger partial charge in [0, 0.05) is 20.1 Å². The summed E-state index contributed by atoms with van der Waals surface area (Å²) in [6, 6.07) is 5.30. The Labute approximate surface area is 102 Å². The van der Waals surface area contributed by atoms with Crippen LogP contribution in [0.25, 0.3) is 0 Å². The van der Waals surface area contributed by atoms with Gasteiger partial charge < -0.3 is 11.1 Å². The number of rotatable bonds is 4. The molecular formula is C11H17N3O2S. The number of nitrogens with zero attached hydrogens (tertiary/aromatic N) is 1. The molecule has 0 atom stereocenters. The lowest BCUT2D eigenvalue weighted by Gasteiger charge is -2.14. The summed E-state index contributed by atoms with van der Waals surface area (Å²) in [6.07, 6.45) is 2.30. The van der Waals surface area contributed by atoms with E-state index in [0.29, 0.717) is 11.7 Å². The van der Waals surface area contributed by atoms with Gasteiger partial charge in [0.15, 0.2) is 0 Å². The molecule has 1 aromatic rings. The molecule has 0 saturated heterocycles. The predicted octanol–water partition coefficient (Wildman–Crippen LogP) is 1.09. The standard InChI is InChI=1S/C11H17N3O2S/c1-14(2)17(15,16)9-5-6-11(10(12)7-9)13-8-3-4-8/h5-8,13H,3-4,12H2,1-2H3. The minimum atomic E-state index is -3.40. The molecule has 0 spiro atoms. The number of benzene rings is 1. The zero-order valence-corrected chi connectivity index (χ0v) is 10.8. The summed E-state index contributed by atoms with van der Waals surface area (Å²) >= 11 is 0. The fourth-order valence-corrected chi connectivity index (χ4v) is 2.43. The van der Waals surface area contributed by atoms with Crippen LogP contribution in [0.2, 0.25) is 0 Å². The monoisotopic (exact) mass is 255 g/mol. The van der Waals surface area contributed by atoms with Crippen molar-refractivity contribution in [1.29, 1.82) is 0 Å². The third-order valence-electron chi connectivity index (χ3n) is 2.74. The Morgan fingerprint density at radius 2 is 2.00 bits per heavy atom. The van der Waals surface area contributed by atoms with Gasteiger partial charge in [0.25, 0.3) is 0 Å². The van der Waals surface area contributed by atoms with E-state index in [1.807, 2.05) is 0 Å². The van der Waals surface area contributed by atoms with Crippen LogP contribution in [0.15, 0.2) is 23.1 Å². The van der Waals surface area contributed by atoms with Crippen LogP contribution in [-0.4, -0.2) is 32.9 Å². The summed E-state index contributed by atoms with van der Waals surface area (Å²) in [6.45, 7) is 0. The molecule has 0 unspecified atom stereocenters. The van der Waals surface area contributed by atoms with Crippen molar-refractivity contribution in [3.63, 3.8) is 0 Å². The lowest BCUT2D eigenvalue weighted by Crippen LogP contribution is -2.22. The van der Waals surface area contributed by atoms with Crippen LogP contribution in [-0.2, 0) is 10.0 Å². The van der Waals surface area contributed by atoms with Gasteiger partial charge in [0.1, 0.15) is 0 Å². The summed E-state index contributed by atoms with van der Waals surface area (Å²) in [4.78, 5) is 0.223. The van der Waals surface area contributed by atoms with Crippen molar-refractivity contribution in [3.05, 3.63) is 18.2 Å². The van der Waals surface area contributed by atoms with Gasteiger partial charge in [-0.3, -0.25) is 0 Å². The lowest BCUT2D eigenvalue weighted by atomic mass is 10.2. The maximum atomic E-state index is 11.9.